The monoisotopic (exact) mass is 303 g/mol. The molecule has 3 rings (SSSR count). The van der Waals surface area contributed by atoms with Gasteiger partial charge in [0.05, 0.1) is 0 Å². The highest BCUT2D eigenvalue weighted by atomic mass is 16.3. The van der Waals surface area contributed by atoms with Crippen LogP contribution in [0.1, 0.15) is 18.9 Å². The number of fused-ring (bicyclic) bond motifs is 1. The van der Waals surface area contributed by atoms with Crippen LogP contribution in [0.25, 0.3) is 0 Å². The van der Waals surface area contributed by atoms with Gasteiger partial charge in [-0.15, -0.1) is 0 Å². The number of urea groups is 1. The number of benzene rings is 1. The maximum absolute atomic E-state index is 12.1. The average Bonchev–Trinajstić information content (AvgIpc) is 3.12. The van der Waals surface area contributed by atoms with E-state index in [9.17, 15) is 4.79 Å². The number of carbonyl (C=O) groups is 1. The number of hydrogen-bond donors (Lipinski definition) is 2. The number of amides is 2. The third-order valence-corrected chi connectivity index (χ3v) is 4.81. The molecule has 2 amide bonds. The van der Waals surface area contributed by atoms with Crippen LogP contribution in [0.4, 0.5) is 10.5 Å². The lowest BCUT2D eigenvalue weighted by Gasteiger charge is -2.25. The first kappa shape index (κ1) is 15.2. The predicted octanol–water partition coefficient (Wildman–Crippen LogP) is 1.46. The first-order valence-electron chi connectivity index (χ1n) is 8.17. The van der Waals surface area contributed by atoms with E-state index in [-0.39, 0.29) is 18.6 Å². The van der Waals surface area contributed by atoms with E-state index in [2.05, 4.69) is 41.4 Å². The topological polar surface area (TPSA) is 55.8 Å². The standard InChI is InChI=1S/C17H25N3O2/c1-13-10-15-4-2-3-5-16(15)20(13)9-7-18-17(22)19-8-6-14(11-19)12-21/h2-5,13-14,21H,6-12H2,1H3,(H,18,22). The molecule has 2 aliphatic rings. The summed E-state index contributed by atoms with van der Waals surface area (Å²) in [7, 11) is 0. The zero-order valence-corrected chi connectivity index (χ0v) is 13.2. The molecule has 22 heavy (non-hydrogen) atoms. The van der Waals surface area contributed by atoms with Gasteiger partial charge in [-0.1, -0.05) is 18.2 Å². The zero-order valence-electron chi connectivity index (χ0n) is 13.2. The van der Waals surface area contributed by atoms with Crippen LogP contribution in [-0.2, 0) is 6.42 Å². The Labute approximate surface area is 131 Å². The SMILES string of the molecule is CC1Cc2ccccc2N1CCNC(=O)N1CCC(CO)C1. The van der Waals surface area contributed by atoms with Crippen molar-refractivity contribution in [3.05, 3.63) is 29.8 Å². The smallest absolute Gasteiger partial charge is 0.317 e. The molecule has 2 heterocycles. The Morgan fingerprint density at radius 2 is 2.23 bits per heavy atom. The van der Waals surface area contributed by atoms with Crippen molar-refractivity contribution in [2.45, 2.75) is 25.8 Å². The molecule has 120 valence electrons. The van der Waals surface area contributed by atoms with Crippen LogP contribution < -0.4 is 10.2 Å². The summed E-state index contributed by atoms with van der Waals surface area (Å²) in [6.45, 7) is 5.31. The molecule has 0 aromatic heterocycles. The van der Waals surface area contributed by atoms with Crippen LogP contribution in [0.2, 0.25) is 0 Å². The third-order valence-electron chi connectivity index (χ3n) is 4.81. The minimum Gasteiger partial charge on any atom is -0.396 e. The van der Waals surface area contributed by atoms with E-state index in [1.165, 1.54) is 11.3 Å². The van der Waals surface area contributed by atoms with Gasteiger partial charge in [0.25, 0.3) is 0 Å². The van der Waals surface area contributed by atoms with Gasteiger partial charge < -0.3 is 20.2 Å². The van der Waals surface area contributed by atoms with Crippen LogP contribution in [-0.4, -0.2) is 54.9 Å². The Bertz CT molecular complexity index is 534. The number of anilines is 1. The van der Waals surface area contributed by atoms with Gasteiger partial charge >= 0.3 is 6.03 Å². The molecule has 0 saturated carbocycles. The highest BCUT2D eigenvalue weighted by Gasteiger charge is 2.27. The van der Waals surface area contributed by atoms with Crippen LogP contribution in [0, 0.1) is 5.92 Å². The van der Waals surface area contributed by atoms with Gasteiger partial charge in [0.2, 0.25) is 0 Å². The Morgan fingerprint density at radius 3 is 3.00 bits per heavy atom. The number of nitrogens with zero attached hydrogens (tertiary/aromatic N) is 2. The molecule has 1 fully saturated rings. The van der Waals surface area contributed by atoms with Crippen molar-refractivity contribution in [2.24, 2.45) is 5.92 Å². The van der Waals surface area contributed by atoms with Crippen molar-refractivity contribution >= 4 is 11.7 Å². The number of nitrogens with one attached hydrogen (secondary N) is 1. The van der Waals surface area contributed by atoms with E-state index in [1.54, 1.807) is 0 Å². The minimum atomic E-state index is -0.00362. The van der Waals surface area contributed by atoms with Crippen LogP contribution in [0.3, 0.4) is 0 Å². The Morgan fingerprint density at radius 1 is 1.41 bits per heavy atom. The fraction of sp³-hybridized carbons (Fsp3) is 0.588. The number of carbonyl (C=O) groups excluding carboxylic acids is 1. The van der Waals surface area contributed by atoms with Crippen molar-refractivity contribution in [1.29, 1.82) is 0 Å². The minimum absolute atomic E-state index is 0.00362. The predicted molar refractivity (Wildman–Crippen MR) is 87.1 cm³/mol. The Hall–Kier alpha value is -1.75. The Kier molecular flexibility index (Phi) is 4.52. The average molecular weight is 303 g/mol. The van der Waals surface area contributed by atoms with Gasteiger partial charge in [-0.2, -0.15) is 0 Å². The maximum Gasteiger partial charge on any atom is 0.317 e. The molecule has 2 N–H and O–H groups in total. The number of hydrogen-bond acceptors (Lipinski definition) is 3. The second kappa shape index (κ2) is 6.57. The van der Waals surface area contributed by atoms with E-state index in [1.807, 2.05) is 4.90 Å². The molecule has 1 saturated heterocycles. The van der Waals surface area contributed by atoms with E-state index in [0.29, 0.717) is 19.1 Å². The lowest BCUT2D eigenvalue weighted by atomic mass is 10.1. The van der Waals surface area contributed by atoms with E-state index < -0.39 is 0 Å². The number of rotatable bonds is 4. The molecule has 0 bridgehead atoms. The van der Waals surface area contributed by atoms with E-state index in [4.69, 9.17) is 5.11 Å². The maximum atomic E-state index is 12.1. The summed E-state index contributed by atoms with van der Waals surface area (Å²) in [5.74, 6) is 0.247. The summed E-state index contributed by atoms with van der Waals surface area (Å²) in [5, 5.41) is 12.2. The molecule has 2 aliphatic heterocycles. The molecular weight excluding hydrogens is 278 g/mol. The lowest BCUT2D eigenvalue weighted by molar-refractivity contribution is 0.198. The van der Waals surface area contributed by atoms with Gasteiger partial charge in [-0.25, -0.2) is 4.79 Å². The van der Waals surface area contributed by atoms with Gasteiger partial charge in [-0.05, 0) is 31.4 Å². The van der Waals surface area contributed by atoms with Crippen LogP contribution >= 0.6 is 0 Å². The van der Waals surface area contributed by atoms with Crippen molar-refractivity contribution in [2.75, 3.05) is 37.7 Å². The zero-order chi connectivity index (χ0) is 15.5. The second-order valence-electron chi connectivity index (χ2n) is 6.39. The van der Waals surface area contributed by atoms with Crippen LogP contribution in [0.15, 0.2) is 24.3 Å². The number of likely N-dealkylation sites (tertiary alicyclic amines) is 1. The molecule has 2 atom stereocenters. The molecular formula is C17H25N3O2. The van der Waals surface area contributed by atoms with Crippen molar-refractivity contribution in [3.63, 3.8) is 0 Å². The first-order chi connectivity index (χ1) is 10.7. The summed E-state index contributed by atoms with van der Waals surface area (Å²) >= 11 is 0. The summed E-state index contributed by atoms with van der Waals surface area (Å²) in [6, 6.07) is 8.98. The summed E-state index contributed by atoms with van der Waals surface area (Å²) in [6.07, 6.45) is 1.98. The highest BCUT2D eigenvalue weighted by molar-refractivity contribution is 5.74. The molecule has 0 radical (unpaired) electrons. The number of para-hydroxylation sites is 1. The quantitative estimate of drug-likeness (QED) is 0.885. The summed E-state index contributed by atoms with van der Waals surface area (Å²) in [4.78, 5) is 16.3. The van der Waals surface area contributed by atoms with Crippen molar-refractivity contribution in [1.82, 2.24) is 10.2 Å². The normalized spacial score (nSPS) is 23.7. The third kappa shape index (κ3) is 3.04. The molecule has 1 aromatic carbocycles. The highest BCUT2D eigenvalue weighted by Crippen LogP contribution is 2.31. The molecule has 0 aliphatic carbocycles. The number of aliphatic hydroxyl groups excluding tert-OH is 1. The largest absolute Gasteiger partial charge is 0.396 e. The molecule has 0 spiro atoms. The fourth-order valence-corrected chi connectivity index (χ4v) is 3.53. The molecule has 5 heteroatoms. The number of aliphatic hydroxyl groups is 1. The lowest BCUT2D eigenvalue weighted by Crippen LogP contribution is -2.43. The van der Waals surface area contributed by atoms with Gasteiger partial charge in [-0.3, -0.25) is 0 Å². The summed E-state index contributed by atoms with van der Waals surface area (Å²) < 4.78 is 0. The fourth-order valence-electron chi connectivity index (χ4n) is 3.53. The molecule has 2 unspecified atom stereocenters. The van der Waals surface area contributed by atoms with Gasteiger partial charge in [0.15, 0.2) is 0 Å². The molecule has 5 nitrogen and oxygen atoms in total. The second-order valence-corrected chi connectivity index (χ2v) is 6.39. The van der Waals surface area contributed by atoms with Crippen molar-refractivity contribution in [3.8, 4) is 0 Å². The van der Waals surface area contributed by atoms with Crippen LogP contribution in [0.5, 0.6) is 0 Å². The summed E-state index contributed by atoms with van der Waals surface area (Å²) in [5.41, 5.74) is 2.69. The first-order valence-corrected chi connectivity index (χ1v) is 8.17. The van der Waals surface area contributed by atoms with Gasteiger partial charge in [0, 0.05) is 50.4 Å². The van der Waals surface area contributed by atoms with E-state index in [0.717, 1.165) is 25.9 Å². The Balaban J connectivity index is 1.48. The van der Waals surface area contributed by atoms with Crippen molar-refractivity contribution < 1.29 is 9.90 Å². The van der Waals surface area contributed by atoms with Gasteiger partial charge in [0.1, 0.15) is 0 Å². The molecule has 1 aromatic rings. The van der Waals surface area contributed by atoms with E-state index >= 15 is 0 Å².